The summed E-state index contributed by atoms with van der Waals surface area (Å²) in [6.45, 7) is 3.87. The van der Waals surface area contributed by atoms with E-state index in [4.69, 9.17) is 4.52 Å². The van der Waals surface area contributed by atoms with Crippen molar-refractivity contribution in [2.45, 2.75) is 39.3 Å². The number of nitrogens with zero attached hydrogens (tertiary/aromatic N) is 2. The predicted molar refractivity (Wildman–Crippen MR) is 122 cm³/mol. The van der Waals surface area contributed by atoms with Gasteiger partial charge < -0.3 is 14.5 Å². The first-order valence-corrected chi connectivity index (χ1v) is 11.1. The van der Waals surface area contributed by atoms with Crippen molar-refractivity contribution in [3.05, 3.63) is 72.0 Å². The minimum Gasteiger partial charge on any atom is -0.392 e. The minimum atomic E-state index is -1.07. The third-order valence-corrected chi connectivity index (χ3v) is 6.47. The summed E-state index contributed by atoms with van der Waals surface area (Å²) < 4.78 is 4.89. The van der Waals surface area contributed by atoms with E-state index in [9.17, 15) is 19.5 Å². The zero-order valence-electron chi connectivity index (χ0n) is 18.6. The Balaban J connectivity index is 1.72. The van der Waals surface area contributed by atoms with Gasteiger partial charge in [0.25, 0.3) is 5.91 Å². The molecule has 2 heterocycles. The number of hydrogen-bond donors (Lipinski definition) is 1. The van der Waals surface area contributed by atoms with Gasteiger partial charge in [-0.2, -0.15) is 0 Å². The molecule has 2 atom stereocenters. The number of amides is 1. The van der Waals surface area contributed by atoms with Crippen LogP contribution >= 0.6 is 0 Å². The molecule has 1 aliphatic heterocycles. The van der Waals surface area contributed by atoms with E-state index in [1.807, 2.05) is 26.0 Å². The highest BCUT2D eigenvalue weighted by atomic mass is 16.5. The SMILES string of the molecule is CCC(CC)C1C(C(=O)c2ccc(CO)cc2)C(=O)C(=O)N1c1ccc(-c2ccon2)cc1. The average Bonchev–Trinajstić information content (AvgIpc) is 3.47. The van der Waals surface area contributed by atoms with E-state index < -0.39 is 23.7 Å². The zero-order chi connectivity index (χ0) is 23.5. The van der Waals surface area contributed by atoms with E-state index in [1.165, 1.54) is 11.2 Å². The van der Waals surface area contributed by atoms with Crippen LogP contribution in [0.25, 0.3) is 11.3 Å². The van der Waals surface area contributed by atoms with Gasteiger partial charge in [0.15, 0.2) is 5.78 Å². The number of ketones is 2. The molecular formula is C26H26N2O5. The molecule has 0 aliphatic carbocycles. The van der Waals surface area contributed by atoms with E-state index in [0.29, 0.717) is 22.5 Å². The fourth-order valence-electron chi connectivity index (χ4n) is 4.62. The van der Waals surface area contributed by atoms with Gasteiger partial charge in [-0.05, 0) is 23.6 Å². The Labute approximate surface area is 192 Å². The van der Waals surface area contributed by atoms with E-state index >= 15 is 0 Å². The number of carbonyl (C=O) groups is 3. The van der Waals surface area contributed by atoms with E-state index in [-0.39, 0.29) is 18.3 Å². The molecule has 0 spiro atoms. The number of anilines is 1. The Hall–Kier alpha value is -3.58. The smallest absolute Gasteiger partial charge is 0.295 e. The van der Waals surface area contributed by atoms with Gasteiger partial charge in [0.05, 0.1) is 12.6 Å². The van der Waals surface area contributed by atoms with Crippen molar-refractivity contribution >= 4 is 23.2 Å². The number of rotatable bonds is 8. The lowest BCUT2D eigenvalue weighted by Crippen LogP contribution is -2.43. The van der Waals surface area contributed by atoms with Crippen LogP contribution in [0.3, 0.4) is 0 Å². The minimum absolute atomic E-state index is 0.0266. The topological polar surface area (TPSA) is 101 Å². The largest absolute Gasteiger partial charge is 0.392 e. The molecule has 170 valence electrons. The van der Waals surface area contributed by atoms with Crippen LogP contribution in [0, 0.1) is 11.8 Å². The monoisotopic (exact) mass is 446 g/mol. The molecule has 2 unspecified atom stereocenters. The summed E-state index contributed by atoms with van der Waals surface area (Å²) >= 11 is 0. The molecule has 1 fully saturated rings. The van der Waals surface area contributed by atoms with Crippen LogP contribution in [-0.4, -0.2) is 33.8 Å². The van der Waals surface area contributed by atoms with Gasteiger partial charge in [0.1, 0.15) is 17.9 Å². The van der Waals surface area contributed by atoms with Crippen molar-refractivity contribution in [2.24, 2.45) is 11.8 Å². The summed E-state index contributed by atoms with van der Waals surface area (Å²) in [7, 11) is 0. The molecule has 0 saturated carbocycles. The van der Waals surface area contributed by atoms with Gasteiger partial charge in [-0.1, -0.05) is 68.2 Å². The molecule has 33 heavy (non-hydrogen) atoms. The Kier molecular flexibility index (Phi) is 6.51. The predicted octanol–water partition coefficient (Wildman–Crippen LogP) is 4.05. The molecule has 3 aromatic rings. The van der Waals surface area contributed by atoms with Crippen LogP contribution in [0.4, 0.5) is 5.69 Å². The zero-order valence-corrected chi connectivity index (χ0v) is 18.6. The second-order valence-corrected chi connectivity index (χ2v) is 8.24. The lowest BCUT2D eigenvalue weighted by Gasteiger charge is -2.33. The molecule has 0 radical (unpaired) electrons. The molecule has 4 rings (SSSR count). The Bertz CT molecular complexity index is 1130. The molecular weight excluding hydrogens is 420 g/mol. The third-order valence-electron chi connectivity index (χ3n) is 6.47. The maximum atomic E-state index is 13.5. The lowest BCUT2D eigenvalue weighted by molar-refractivity contribution is -0.135. The molecule has 1 aromatic heterocycles. The van der Waals surface area contributed by atoms with Crippen molar-refractivity contribution in [3.63, 3.8) is 0 Å². The normalized spacial score (nSPS) is 18.4. The van der Waals surface area contributed by atoms with Crippen molar-refractivity contribution < 1.29 is 24.0 Å². The highest BCUT2D eigenvalue weighted by Gasteiger charge is 2.53. The van der Waals surface area contributed by atoms with Gasteiger partial charge >= 0.3 is 0 Å². The quantitative estimate of drug-likeness (QED) is 0.318. The first kappa shape index (κ1) is 22.6. The Morgan fingerprint density at radius 2 is 1.70 bits per heavy atom. The summed E-state index contributed by atoms with van der Waals surface area (Å²) in [4.78, 5) is 41.3. The van der Waals surface area contributed by atoms with Crippen molar-refractivity contribution in [3.8, 4) is 11.3 Å². The van der Waals surface area contributed by atoms with Crippen LogP contribution in [0.5, 0.6) is 0 Å². The number of carbonyl (C=O) groups excluding carboxylic acids is 3. The first-order valence-electron chi connectivity index (χ1n) is 11.1. The van der Waals surface area contributed by atoms with Crippen molar-refractivity contribution in [1.29, 1.82) is 0 Å². The number of benzene rings is 2. The van der Waals surface area contributed by atoms with Crippen LogP contribution < -0.4 is 4.90 Å². The molecule has 0 bridgehead atoms. The maximum Gasteiger partial charge on any atom is 0.295 e. The Morgan fingerprint density at radius 3 is 2.24 bits per heavy atom. The average molecular weight is 447 g/mol. The molecule has 7 nitrogen and oxygen atoms in total. The molecule has 1 amide bonds. The standard InChI is InChI=1S/C26H26N2O5/c1-3-17(4-2)23-22(24(30)19-7-5-16(15-29)6-8-19)25(31)26(32)28(23)20-11-9-18(10-12-20)21-13-14-33-27-21/h5-14,17,22-23,29H,3-4,15H2,1-2H3. The number of aliphatic hydroxyl groups is 1. The molecule has 2 aromatic carbocycles. The fourth-order valence-corrected chi connectivity index (χ4v) is 4.62. The van der Waals surface area contributed by atoms with E-state index in [2.05, 4.69) is 5.16 Å². The van der Waals surface area contributed by atoms with Gasteiger partial charge in [-0.15, -0.1) is 0 Å². The van der Waals surface area contributed by atoms with Gasteiger partial charge in [-0.3, -0.25) is 14.4 Å². The van der Waals surface area contributed by atoms with Crippen LogP contribution in [-0.2, 0) is 16.2 Å². The second kappa shape index (κ2) is 9.50. The summed E-state index contributed by atoms with van der Waals surface area (Å²) in [5.74, 6) is -2.80. The molecule has 1 aliphatic rings. The summed E-state index contributed by atoms with van der Waals surface area (Å²) in [6.07, 6.45) is 2.93. The molecule has 7 heteroatoms. The number of aromatic nitrogens is 1. The maximum absolute atomic E-state index is 13.5. The van der Waals surface area contributed by atoms with Crippen molar-refractivity contribution in [1.82, 2.24) is 5.16 Å². The van der Waals surface area contributed by atoms with Crippen LogP contribution in [0.1, 0.15) is 42.6 Å². The number of Topliss-reactive ketones (excluding diaryl/α,β-unsaturated/α-hetero) is 2. The van der Waals surface area contributed by atoms with E-state index in [1.54, 1.807) is 42.5 Å². The first-order chi connectivity index (χ1) is 16.0. The molecule has 1 N–H and O–H groups in total. The summed E-state index contributed by atoms with van der Waals surface area (Å²) in [6, 6.07) is 14.9. The lowest BCUT2D eigenvalue weighted by atomic mass is 9.80. The highest BCUT2D eigenvalue weighted by molar-refractivity contribution is 6.49. The molecule has 1 saturated heterocycles. The van der Waals surface area contributed by atoms with Gasteiger partial charge in [0.2, 0.25) is 5.78 Å². The van der Waals surface area contributed by atoms with Crippen molar-refractivity contribution in [2.75, 3.05) is 4.90 Å². The second-order valence-electron chi connectivity index (χ2n) is 8.24. The summed E-state index contributed by atoms with van der Waals surface area (Å²) in [5, 5.41) is 13.2. The third kappa shape index (κ3) is 4.12. The highest BCUT2D eigenvalue weighted by Crippen LogP contribution is 2.38. The number of aliphatic hydroxyl groups excluding tert-OH is 1. The van der Waals surface area contributed by atoms with Crippen LogP contribution in [0.15, 0.2) is 65.4 Å². The number of hydrogen-bond acceptors (Lipinski definition) is 6. The van der Waals surface area contributed by atoms with Crippen LogP contribution in [0.2, 0.25) is 0 Å². The fraction of sp³-hybridized carbons (Fsp3) is 0.308. The van der Waals surface area contributed by atoms with Gasteiger partial charge in [-0.25, -0.2) is 0 Å². The van der Waals surface area contributed by atoms with E-state index in [0.717, 1.165) is 18.4 Å². The Morgan fingerprint density at radius 1 is 1.03 bits per heavy atom. The summed E-state index contributed by atoms with van der Waals surface area (Å²) in [5.41, 5.74) is 3.09. The van der Waals surface area contributed by atoms with Gasteiger partial charge in [0, 0.05) is 22.9 Å².